The average molecular weight is 560 g/mol. The second kappa shape index (κ2) is 12.8. The zero-order chi connectivity index (χ0) is 28.6. The third-order valence-electron chi connectivity index (χ3n) is 6.05. The first-order valence-corrected chi connectivity index (χ1v) is 13.2. The van der Waals surface area contributed by atoms with E-state index in [1.54, 1.807) is 48.5 Å². The highest BCUT2D eigenvalue weighted by Gasteiger charge is 2.36. The molecule has 5 N–H and O–H groups in total. The molecule has 11 heteroatoms. The van der Waals surface area contributed by atoms with Crippen molar-refractivity contribution in [1.82, 2.24) is 9.69 Å². The summed E-state index contributed by atoms with van der Waals surface area (Å²) in [6, 6.07) is 21.9. The van der Waals surface area contributed by atoms with E-state index < -0.39 is 23.8 Å². The van der Waals surface area contributed by atoms with Crippen molar-refractivity contribution in [2.24, 2.45) is 5.73 Å². The van der Waals surface area contributed by atoms with Crippen LogP contribution in [0.15, 0.2) is 78.9 Å². The maximum absolute atomic E-state index is 14.1. The number of benzene rings is 3. The highest BCUT2D eigenvalue weighted by molar-refractivity contribution is 7.09. The summed E-state index contributed by atoms with van der Waals surface area (Å²) in [6.07, 6.45) is 0. The number of carbonyl (C=O) groups is 3. The summed E-state index contributed by atoms with van der Waals surface area (Å²) in [7, 11) is 1.53. The van der Waals surface area contributed by atoms with Crippen LogP contribution < -0.4 is 31.2 Å². The van der Waals surface area contributed by atoms with E-state index in [0.29, 0.717) is 29.4 Å². The SMILES string of the molecule is CCOc1ccc(C(C(=O)NCc2ccccc2)N(C(=O)c2snc(C(N)=O)c2N)c2ccc(OC)cc2)cc1. The van der Waals surface area contributed by atoms with Gasteiger partial charge in [-0.05, 0) is 66.0 Å². The summed E-state index contributed by atoms with van der Waals surface area (Å²) < 4.78 is 14.8. The van der Waals surface area contributed by atoms with Gasteiger partial charge in [0.2, 0.25) is 5.91 Å². The van der Waals surface area contributed by atoms with Crippen molar-refractivity contribution in [3.8, 4) is 11.5 Å². The lowest BCUT2D eigenvalue weighted by Crippen LogP contribution is -2.44. The van der Waals surface area contributed by atoms with Crippen molar-refractivity contribution in [2.45, 2.75) is 19.5 Å². The maximum Gasteiger partial charge on any atom is 0.273 e. The molecule has 4 rings (SSSR count). The Labute approximate surface area is 235 Å². The molecule has 206 valence electrons. The van der Waals surface area contributed by atoms with Gasteiger partial charge < -0.3 is 26.3 Å². The first kappa shape index (κ1) is 28.1. The first-order valence-electron chi connectivity index (χ1n) is 12.4. The fourth-order valence-corrected chi connectivity index (χ4v) is 4.82. The molecule has 3 amide bonds. The molecule has 0 bridgehead atoms. The standard InChI is InChI=1S/C29H29N5O5S/c1-3-39-22-13-9-19(10-14-22)25(28(36)32-17-18-7-5-4-6-8-18)34(20-11-15-21(38-2)16-12-20)29(37)26-23(30)24(27(31)35)33-40-26/h4-16,25H,3,17,30H2,1-2H3,(H2,31,35)(H,32,36). The number of amides is 3. The summed E-state index contributed by atoms with van der Waals surface area (Å²) in [5, 5.41) is 2.95. The number of ether oxygens (including phenoxy) is 2. The third kappa shape index (κ3) is 6.21. The zero-order valence-electron chi connectivity index (χ0n) is 22.0. The molecule has 3 aromatic carbocycles. The molecule has 0 fully saturated rings. The number of nitrogens with one attached hydrogen (secondary N) is 1. The van der Waals surface area contributed by atoms with Gasteiger partial charge in [-0.25, -0.2) is 0 Å². The molecule has 10 nitrogen and oxygen atoms in total. The minimum Gasteiger partial charge on any atom is -0.497 e. The highest BCUT2D eigenvalue weighted by Crippen LogP contribution is 2.34. The van der Waals surface area contributed by atoms with Gasteiger partial charge in [0.25, 0.3) is 11.8 Å². The number of aromatic nitrogens is 1. The molecule has 0 saturated carbocycles. The second-order valence-electron chi connectivity index (χ2n) is 8.62. The van der Waals surface area contributed by atoms with Crippen LogP contribution in [0.3, 0.4) is 0 Å². The minimum atomic E-state index is -1.13. The number of primary amides is 1. The number of nitrogens with zero attached hydrogens (tertiary/aromatic N) is 2. The summed E-state index contributed by atoms with van der Waals surface area (Å²) in [5.74, 6) is -0.727. The quantitative estimate of drug-likeness (QED) is 0.252. The van der Waals surface area contributed by atoms with Gasteiger partial charge in [-0.1, -0.05) is 42.5 Å². The molecule has 0 aliphatic rings. The van der Waals surface area contributed by atoms with E-state index in [1.807, 2.05) is 37.3 Å². The molecule has 1 heterocycles. The van der Waals surface area contributed by atoms with Crippen LogP contribution in [0.4, 0.5) is 11.4 Å². The lowest BCUT2D eigenvalue weighted by Gasteiger charge is -2.31. The number of rotatable bonds is 11. The van der Waals surface area contributed by atoms with E-state index in [0.717, 1.165) is 17.1 Å². The van der Waals surface area contributed by atoms with Crippen molar-refractivity contribution >= 4 is 40.6 Å². The highest BCUT2D eigenvalue weighted by atomic mass is 32.1. The normalized spacial score (nSPS) is 11.3. The Hall–Kier alpha value is -4.90. The van der Waals surface area contributed by atoms with Gasteiger partial charge in [0.15, 0.2) is 5.69 Å². The van der Waals surface area contributed by atoms with E-state index >= 15 is 0 Å². The number of anilines is 2. The third-order valence-corrected chi connectivity index (χ3v) is 6.90. The van der Waals surface area contributed by atoms with Gasteiger partial charge in [0.05, 0.1) is 19.4 Å². The van der Waals surface area contributed by atoms with Crippen LogP contribution in [0.5, 0.6) is 11.5 Å². The zero-order valence-corrected chi connectivity index (χ0v) is 22.8. The number of nitrogens with two attached hydrogens (primary N) is 2. The fourth-order valence-electron chi connectivity index (χ4n) is 4.08. The Morgan fingerprint density at radius 2 is 1.62 bits per heavy atom. The summed E-state index contributed by atoms with van der Waals surface area (Å²) in [4.78, 5) is 41.2. The average Bonchev–Trinajstić information content (AvgIpc) is 3.37. The molecule has 1 atom stereocenters. The van der Waals surface area contributed by atoms with Gasteiger partial charge in [-0.2, -0.15) is 4.37 Å². The summed E-state index contributed by atoms with van der Waals surface area (Å²) in [5.41, 5.74) is 13.0. The van der Waals surface area contributed by atoms with Crippen molar-refractivity contribution in [1.29, 1.82) is 0 Å². The molecule has 0 radical (unpaired) electrons. The van der Waals surface area contributed by atoms with Crippen LogP contribution in [0.25, 0.3) is 0 Å². The molecule has 0 aliphatic carbocycles. The predicted molar refractivity (Wildman–Crippen MR) is 153 cm³/mol. The molecular formula is C29H29N5O5S. The Morgan fingerprint density at radius 3 is 2.20 bits per heavy atom. The largest absolute Gasteiger partial charge is 0.497 e. The molecule has 4 aromatic rings. The number of nitrogen functional groups attached to an aromatic ring is 1. The lowest BCUT2D eigenvalue weighted by atomic mass is 10.0. The van der Waals surface area contributed by atoms with Crippen LogP contribution in [0.2, 0.25) is 0 Å². The van der Waals surface area contributed by atoms with Gasteiger partial charge in [-0.3, -0.25) is 19.3 Å². The van der Waals surface area contributed by atoms with Crippen LogP contribution >= 0.6 is 11.5 Å². The van der Waals surface area contributed by atoms with E-state index in [9.17, 15) is 14.4 Å². The fraction of sp³-hybridized carbons (Fsp3) is 0.172. The number of methoxy groups -OCH3 is 1. The number of hydrogen-bond acceptors (Lipinski definition) is 8. The van der Waals surface area contributed by atoms with E-state index in [1.165, 1.54) is 12.0 Å². The van der Waals surface area contributed by atoms with Crippen LogP contribution in [-0.2, 0) is 11.3 Å². The van der Waals surface area contributed by atoms with Gasteiger partial charge in [0, 0.05) is 12.2 Å². The maximum atomic E-state index is 14.1. The molecule has 40 heavy (non-hydrogen) atoms. The topological polar surface area (TPSA) is 150 Å². The molecule has 0 aliphatic heterocycles. The molecule has 1 unspecified atom stereocenters. The molecular weight excluding hydrogens is 530 g/mol. The van der Waals surface area contributed by atoms with Crippen molar-refractivity contribution < 1.29 is 23.9 Å². The monoisotopic (exact) mass is 559 g/mol. The Morgan fingerprint density at radius 1 is 0.975 bits per heavy atom. The number of carbonyl (C=O) groups excluding carboxylic acids is 3. The predicted octanol–water partition coefficient (Wildman–Crippen LogP) is 3.94. The molecule has 1 aromatic heterocycles. The first-order chi connectivity index (χ1) is 19.3. The van der Waals surface area contributed by atoms with Crippen LogP contribution in [0, 0.1) is 0 Å². The Kier molecular flexibility index (Phi) is 8.97. The van der Waals surface area contributed by atoms with Crippen molar-refractivity contribution in [3.63, 3.8) is 0 Å². The number of hydrogen-bond donors (Lipinski definition) is 3. The lowest BCUT2D eigenvalue weighted by molar-refractivity contribution is -0.122. The van der Waals surface area contributed by atoms with Gasteiger partial charge >= 0.3 is 0 Å². The van der Waals surface area contributed by atoms with E-state index in [-0.39, 0.29) is 22.8 Å². The van der Waals surface area contributed by atoms with Crippen molar-refractivity contribution in [2.75, 3.05) is 24.4 Å². The minimum absolute atomic E-state index is 0.0172. The van der Waals surface area contributed by atoms with Crippen LogP contribution in [-0.4, -0.2) is 35.8 Å². The molecule has 0 spiro atoms. The van der Waals surface area contributed by atoms with E-state index in [4.69, 9.17) is 20.9 Å². The van der Waals surface area contributed by atoms with Gasteiger partial charge in [0.1, 0.15) is 22.4 Å². The van der Waals surface area contributed by atoms with Crippen LogP contribution in [0.1, 0.15) is 44.3 Å². The smallest absolute Gasteiger partial charge is 0.273 e. The Balaban J connectivity index is 1.82. The summed E-state index contributed by atoms with van der Waals surface area (Å²) >= 11 is 0.743. The van der Waals surface area contributed by atoms with Gasteiger partial charge in [-0.15, -0.1) is 0 Å². The van der Waals surface area contributed by atoms with Crippen molar-refractivity contribution in [3.05, 3.63) is 101 Å². The van der Waals surface area contributed by atoms with E-state index in [2.05, 4.69) is 9.69 Å². The second-order valence-corrected chi connectivity index (χ2v) is 9.39. The summed E-state index contributed by atoms with van der Waals surface area (Å²) in [6.45, 7) is 2.59. The molecule has 0 saturated heterocycles. The Bertz CT molecular complexity index is 1470.